The van der Waals surface area contributed by atoms with Crippen LogP contribution in [0.25, 0.3) is 28.2 Å². The molecule has 0 saturated heterocycles. The van der Waals surface area contributed by atoms with Crippen molar-refractivity contribution in [3.05, 3.63) is 105 Å². The van der Waals surface area contributed by atoms with E-state index in [1.54, 1.807) is 36.4 Å². The maximum atomic E-state index is 12.9. The summed E-state index contributed by atoms with van der Waals surface area (Å²) in [7, 11) is 0. The van der Waals surface area contributed by atoms with Crippen LogP contribution in [0.3, 0.4) is 0 Å². The highest BCUT2D eigenvalue weighted by Gasteiger charge is 2.17. The summed E-state index contributed by atoms with van der Waals surface area (Å²) in [5.74, 6) is -1.00. The highest BCUT2D eigenvalue weighted by atomic mass is 35.5. The van der Waals surface area contributed by atoms with Crippen LogP contribution >= 0.6 is 11.6 Å². The molecule has 4 aromatic rings. The number of benzene rings is 3. The Morgan fingerprint density at radius 3 is 2.39 bits per heavy atom. The first-order valence-corrected chi connectivity index (χ1v) is 9.83. The van der Waals surface area contributed by atoms with Crippen LogP contribution in [0.4, 0.5) is 0 Å². The zero-order chi connectivity index (χ0) is 22.0. The smallest absolute Gasteiger partial charge is 0.344 e. The Kier molecular flexibility index (Phi) is 5.60. The molecule has 0 aliphatic rings. The van der Waals surface area contributed by atoms with Crippen molar-refractivity contribution in [1.82, 2.24) is 0 Å². The highest BCUT2D eigenvalue weighted by Crippen LogP contribution is 2.31. The van der Waals surface area contributed by atoms with Crippen molar-refractivity contribution in [3.63, 3.8) is 0 Å². The third kappa shape index (κ3) is 4.52. The topological polar surface area (TPSA) is 87.7 Å². The first-order valence-electron chi connectivity index (χ1n) is 9.45. The predicted octanol–water partition coefficient (Wildman–Crippen LogP) is 5.51. The SMILES string of the molecule is O=C(O)C=Cc1ccc(Cc2c(-c3ccc(Cl)cc3)c(=O)oc3cc(O)ccc23)cc1. The van der Waals surface area contributed by atoms with Gasteiger partial charge in [0.1, 0.15) is 11.3 Å². The Hall–Kier alpha value is -3.83. The number of phenolic OH excluding ortho intramolecular Hbond substituents is 1. The number of hydrogen-bond acceptors (Lipinski definition) is 4. The van der Waals surface area contributed by atoms with Gasteiger partial charge in [0.15, 0.2) is 0 Å². The molecular weight excluding hydrogens is 416 g/mol. The number of carboxylic acids is 1. The number of fused-ring (bicyclic) bond motifs is 1. The number of phenols is 1. The van der Waals surface area contributed by atoms with Crippen LogP contribution in [0.1, 0.15) is 16.7 Å². The monoisotopic (exact) mass is 432 g/mol. The van der Waals surface area contributed by atoms with Crippen molar-refractivity contribution >= 4 is 34.6 Å². The van der Waals surface area contributed by atoms with Gasteiger partial charge >= 0.3 is 11.6 Å². The molecule has 6 heteroatoms. The zero-order valence-corrected chi connectivity index (χ0v) is 17.0. The molecule has 0 aliphatic heterocycles. The molecular formula is C25H17ClO5. The van der Waals surface area contributed by atoms with Gasteiger partial charge in [0.25, 0.3) is 0 Å². The van der Waals surface area contributed by atoms with E-state index >= 15 is 0 Å². The number of rotatable bonds is 5. The molecule has 1 aromatic heterocycles. The minimum absolute atomic E-state index is 0.00964. The lowest BCUT2D eigenvalue weighted by molar-refractivity contribution is -0.131. The molecule has 0 unspecified atom stereocenters. The van der Waals surface area contributed by atoms with Gasteiger partial charge in [0.05, 0.1) is 5.56 Å². The number of hydrogen-bond donors (Lipinski definition) is 2. The standard InChI is InChI=1S/C25H17ClO5/c26-18-8-6-17(7-9-18)24-21(20-11-10-19(27)14-22(20)31-25(24)30)13-16-3-1-15(2-4-16)5-12-23(28)29/h1-12,14,27H,13H2,(H,28,29). The van der Waals surface area contributed by atoms with Crippen molar-refractivity contribution in [2.45, 2.75) is 6.42 Å². The van der Waals surface area contributed by atoms with Gasteiger partial charge in [0, 0.05) is 22.6 Å². The lowest BCUT2D eigenvalue weighted by atomic mass is 9.93. The molecule has 3 aromatic carbocycles. The highest BCUT2D eigenvalue weighted by molar-refractivity contribution is 6.30. The second-order valence-corrected chi connectivity index (χ2v) is 7.46. The molecule has 5 nitrogen and oxygen atoms in total. The van der Waals surface area contributed by atoms with Gasteiger partial charge in [-0.15, -0.1) is 0 Å². The van der Waals surface area contributed by atoms with Crippen LogP contribution in [0, 0.1) is 0 Å². The molecule has 0 amide bonds. The predicted molar refractivity (Wildman–Crippen MR) is 121 cm³/mol. The van der Waals surface area contributed by atoms with E-state index in [2.05, 4.69) is 0 Å². The second-order valence-electron chi connectivity index (χ2n) is 7.02. The average Bonchev–Trinajstić information content (AvgIpc) is 2.74. The molecule has 0 saturated carbocycles. The average molecular weight is 433 g/mol. The zero-order valence-electron chi connectivity index (χ0n) is 16.2. The van der Waals surface area contributed by atoms with Crippen LogP contribution in [0.5, 0.6) is 5.75 Å². The van der Waals surface area contributed by atoms with Crippen LogP contribution in [0.15, 0.2) is 82.0 Å². The summed E-state index contributed by atoms with van der Waals surface area (Å²) >= 11 is 6.01. The van der Waals surface area contributed by atoms with E-state index < -0.39 is 11.6 Å². The number of carbonyl (C=O) groups is 1. The number of halogens is 1. The third-order valence-corrected chi connectivity index (χ3v) is 5.16. The van der Waals surface area contributed by atoms with E-state index in [0.29, 0.717) is 28.2 Å². The Bertz CT molecular complexity index is 1350. The summed E-state index contributed by atoms with van der Waals surface area (Å²) in [4.78, 5) is 23.6. The summed E-state index contributed by atoms with van der Waals surface area (Å²) in [6.45, 7) is 0. The number of aromatic hydroxyl groups is 1. The molecule has 0 bridgehead atoms. The van der Waals surface area contributed by atoms with Crippen molar-refractivity contribution < 1.29 is 19.4 Å². The van der Waals surface area contributed by atoms with E-state index in [0.717, 1.165) is 28.2 Å². The lowest BCUT2D eigenvalue weighted by Gasteiger charge is -2.13. The second kappa shape index (κ2) is 8.50. The molecule has 0 atom stereocenters. The molecule has 0 radical (unpaired) electrons. The first kappa shape index (κ1) is 20.4. The maximum Gasteiger partial charge on any atom is 0.344 e. The molecule has 4 rings (SSSR count). The van der Waals surface area contributed by atoms with Gasteiger partial charge < -0.3 is 14.6 Å². The van der Waals surface area contributed by atoms with Crippen LogP contribution in [-0.4, -0.2) is 16.2 Å². The van der Waals surface area contributed by atoms with Crippen molar-refractivity contribution in [2.75, 3.05) is 0 Å². The summed E-state index contributed by atoms with van der Waals surface area (Å²) in [6, 6.07) is 19.1. The van der Waals surface area contributed by atoms with Gasteiger partial charge in [-0.25, -0.2) is 9.59 Å². The first-order chi connectivity index (χ1) is 14.9. The molecule has 154 valence electrons. The van der Waals surface area contributed by atoms with Crippen molar-refractivity contribution in [1.29, 1.82) is 0 Å². The van der Waals surface area contributed by atoms with E-state index in [1.807, 2.05) is 24.3 Å². The Morgan fingerprint density at radius 1 is 1.00 bits per heavy atom. The molecule has 0 fully saturated rings. The molecule has 2 N–H and O–H groups in total. The minimum atomic E-state index is -1.01. The van der Waals surface area contributed by atoms with E-state index in [1.165, 1.54) is 12.1 Å². The number of carboxylic acid groups (broad SMARTS) is 1. The summed E-state index contributed by atoms with van der Waals surface area (Å²) in [5, 5.41) is 19.9. The van der Waals surface area contributed by atoms with E-state index in [4.69, 9.17) is 21.1 Å². The van der Waals surface area contributed by atoms with Gasteiger partial charge in [0.2, 0.25) is 0 Å². The van der Waals surface area contributed by atoms with E-state index in [-0.39, 0.29) is 5.75 Å². The quantitative estimate of drug-likeness (QED) is 0.321. The normalized spacial score (nSPS) is 11.3. The fourth-order valence-corrected chi connectivity index (χ4v) is 3.59. The van der Waals surface area contributed by atoms with Gasteiger partial charge in [-0.2, -0.15) is 0 Å². The minimum Gasteiger partial charge on any atom is -0.508 e. The van der Waals surface area contributed by atoms with Crippen molar-refractivity contribution in [2.24, 2.45) is 0 Å². The fraction of sp³-hybridized carbons (Fsp3) is 0.0400. The van der Waals surface area contributed by atoms with Gasteiger partial charge in [-0.3, -0.25) is 0 Å². The number of aliphatic carboxylic acids is 1. The molecule has 1 heterocycles. The molecule has 0 spiro atoms. The fourth-order valence-electron chi connectivity index (χ4n) is 3.46. The van der Waals surface area contributed by atoms with E-state index in [9.17, 15) is 14.7 Å². The van der Waals surface area contributed by atoms with Gasteiger partial charge in [-0.1, -0.05) is 48.0 Å². The summed E-state index contributed by atoms with van der Waals surface area (Å²) in [5.41, 5.74) is 3.38. The van der Waals surface area contributed by atoms with Crippen LogP contribution in [0.2, 0.25) is 5.02 Å². The maximum absolute atomic E-state index is 12.9. The Morgan fingerprint density at radius 2 is 1.71 bits per heavy atom. The lowest BCUT2D eigenvalue weighted by Crippen LogP contribution is -2.08. The largest absolute Gasteiger partial charge is 0.508 e. The summed E-state index contributed by atoms with van der Waals surface area (Å²) < 4.78 is 5.50. The molecule has 0 aliphatic carbocycles. The van der Waals surface area contributed by atoms with Crippen LogP contribution in [-0.2, 0) is 11.2 Å². The van der Waals surface area contributed by atoms with Gasteiger partial charge in [-0.05, 0) is 59.0 Å². The third-order valence-electron chi connectivity index (χ3n) is 4.91. The summed E-state index contributed by atoms with van der Waals surface area (Å²) in [6.07, 6.45) is 3.03. The Labute approximate surface area is 182 Å². The molecule has 31 heavy (non-hydrogen) atoms. The van der Waals surface area contributed by atoms with Crippen molar-refractivity contribution in [3.8, 4) is 16.9 Å². The van der Waals surface area contributed by atoms with Crippen LogP contribution < -0.4 is 5.63 Å². The Balaban J connectivity index is 1.85.